The Morgan fingerprint density at radius 3 is 2.29 bits per heavy atom. The molecule has 0 saturated carbocycles. The third kappa shape index (κ3) is 6.73. The van der Waals surface area contributed by atoms with Gasteiger partial charge in [0.25, 0.3) is 0 Å². The van der Waals surface area contributed by atoms with Crippen molar-refractivity contribution in [1.82, 2.24) is 4.72 Å². The van der Waals surface area contributed by atoms with Crippen molar-refractivity contribution >= 4 is 21.6 Å². The first-order valence-electron chi connectivity index (χ1n) is 10.0. The average Bonchev–Trinajstić information content (AvgIpc) is 2.76. The van der Waals surface area contributed by atoms with Gasteiger partial charge in [-0.2, -0.15) is 0 Å². The van der Waals surface area contributed by atoms with Gasteiger partial charge in [-0.25, -0.2) is 17.5 Å². The van der Waals surface area contributed by atoms with Gasteiger partial charge >= 0.3 is 0 Å². The number of carbonyl (C=O) groups is 1. The van der Waals surface area contributed by atoms with Crippen LogP contribution >= 0.6 is 0 Å². The smallest absolute Gasteiger partial charge is 0.240 e. The third-order valence-electron chi connectivity index (χ3n) is 4.90. The predicted octanol–water partition coefficient (Wildman–Crippen LogP) is 4.23. The molecule has 3 rings (SSSR count). The second-order valence-corrected chi connectivity index (χ2v) is 9.05. The molecule has 0 spiro atoms. The van der Waals surface area contributed by atoms with E-state index in [1.165, 1.54) is 24.3 Å². The van der Waals surface area contributed by atoms with Crippen LogP contribution in [0.1, 0.15) is 23.1 Å². The summed E-state index contributed by atoms with van der Waals surface area (Å²) < 4.78 is 40.9. The number of hydrogen-bond donors (Lipinski definition) is 2. The lowest BCUT2D eigenvalue weighted by Gasteiger charge is -2.09. The molecule has 3 aromatic rings. The van der Waals surface area contributed by atoms with Gasteiger partial charge in [0.15, 0.2) is 0 Å². The molecule has 0 aliphatic carbocycles. The largest absolute Gasteiger partial charge is 0.326 e. The normalized spacial score (nSPS) is 11.3. The molecule has 0 aliphatic rings. The zero-order chi connectivity index (χ0) is 22.3. The number of amides is 1. The summed E-state index contributed by atoms with van der Waals surface area (Å²) in [6.45, 7) is 2.11. The zero-order valence-electron chi connectivity index (χ0n) is 17.3. The molecule has 7 heteroatoms. The molecule has 0 fully saturated rings. The molecule has 1 amide bonds. The molecule has 162 valence electrons. The van der Waals surface area contributed by atoms with Crippen molar-refractivity contribution in [3.63, 3.8) is 0 Å². The van der Waals surface area contributed by atoms with Crippen LogP contribution in [0.25, 0.3) is 0 Å². The standard InChI is InChI=1S/C24H25FN2O3S/c1-18-7-11-21(25)17-23(18)27-24(28)14-10-20-8-12-22(13-9-20)31(29,30)26-16-15-19-5-3-2-4-6-19/h2-9,11-13,17,26H,10,14-16H2,1H3,(H,27,28). The van der Waals surface area contributed by atoms with Crippen LogP contribution in [0, 0.1) is 12.7 Å². The van der Waals surface area contributed by atoms with E-state index in [9.17, 15) is 17.6 Å². The van der Waals surface area contributed by atoms with Crippen molar-refractivity contribution in [2.24, 2.45) is 0 Å². The minimum Gasteiger partial charge on any atom is -0.326 e. The van der Waals surface area contributed by atoms with Crippen LogP contribution in [0.4, 0.5) is 10.1 Å². The van der Waals surface area contributed by atoms with Crippen LogP contribution in [-0.4, -0.2) is 20.9 Å². The topological polar surface area (TPSA) is 75.3 Å². The van der Waals surface area contributed by atoms with Gasteiger partial charge in [-0.15, -0.1) is 0 Å². The fraction of sp³-hybridized carbons (Fsp3) is 0.208. The SMILES string of the molecule is Cc1ccc(F)cc1NC(=O)CCc1ccc(S(=O)(=O)NCCc2ccccc2)cc1. The third-order valence-corrected chi connectivity index (χ3v) is 6.37. The van der Waals surface area contributed by atoms with Gasteiger partial charge in [-0.1, -0.05) is 48.5 Å². The number of nitrogens with one attached hydrogen (secondary N) is 2. The lowest BCUT2D eigenvalue weighted by molar-refractivity contribution is -0.116. The molecule has 0 atom stereocenters. The van der Waals surface area contributed by atoms with Crippen LogP contribution in [0.15, 0.2) is 77.7 Å². The van der Waals surface area contributed by atoms with Gasteiger partial charge in [0.1, 0.15) is 5.82 Å². The summed E-state index contributed by atoms with van der Waals surface area (Å²) in [5.74, 6) is -0.636. The van der Waals surface area contributed by atoms with E-state index < -0.39 is 15.8 Å². The molecule has 0 radical (unpaired) electrons. The molecule has 0 unspecified atom stereocenters. The molecule has 5 nitrogen and oxygen atoms in total. The molecule has 2 N–H and O–H groups in total. The highest BCUT2D eigenvalue weighted by Crippen LogP contribution is 2.17. The molecular formula is C24H25FN2O3S. The Balaban J connectivity index is 1.50. The van der Waals surface area contributed by atoms with Gasteiger partial charge < -0.3 is 5.32 Å². The molecular weight excluding hydrogens is 415 g/mol. The number of carbonyl (C=O) groups excluding carboxylic acids is 1. The van der Waals surface area contributed by atoms with E-state index in [0.29, 0.717) is 25.1 Å². The quantitative estimate of drug-likeness (QED) is 0.523. The summed E-state index contributed by atoms with van der Waals surface area (Å²) >= 11 is 0. The Labute approximate surface area is 182 Å². The van der Waals surface area contributed by atoms with Crippen LogP contribution in [0.3, 0.4) is 0 Å². The van der Waals surface area contributed by atoms with Gasteiger partial charge in [0, 0.05) is 18.7 Å². The molecule has 0 aromatic heterocycles. The van der Waals surface area contributed by atoms with Gasteiger partial charge in [-0.05, 0) is 60.7 Å². The average molecular weight is 441 g/mol. The number of hydrogen-bond acceptors (Lipinski definition) is 3. The van der Waals surface area contributed by atoms with Crippen molar-refractivity contribution in [1.29, 1.82) is 0 Å². The van der Waals surface area contributed by atoms with E-state index >= 15 is 0 Å². The maximum absolute atomic E-state index is 13.3. The first-order chi connectivity index (χ1) is 14.8. The second-order valence-electron chi connectivity index (χ2n) is 7.28. The number of aryl methyl sites for hydroxylation is 2. The highest BCUT2D eigenvalue weighted by Gasteiger charge is 2.13. The Hall–Kier alpha value is -3.03. The summed E-state index contributed by atoms with van der Waals surface area (Å²) in [6, 6.07) is 20.4. The number of rotatable bonds is 9. The van der Waals surface area contributed by atoms with Crippen LogP contribution < -0.4 is 10.0 Å². The Morgan fingerprint density at radius 2 is 1.58 bits per heavy atom. The lowest BCUT2D eigenvalue weighted by Crippen LogP contribution is -2.26. The summed E-state index contributed by atoms with van der Waals surface area (Å²) in [5.41, 5.74) is 3.14. The summed E-state index contributed by atoms with van der Waals surface area (Å²) in [7, 11) is -3.59. The fourth-order valence-electron chi connectivity index (χ4n) is 3.09. The maximum atomic E-state index is 13.3. The molecule has 0 aliphatic heterocycles. The maximum Gasteiger partial charge on any atom is 0.240 e. The minimum atomic E-state index is -3.59. The minimum absolute atomic E-state index is 0.184. The Morgan fingerprint density at radius 1 is 0.903 bits per heavy atom. The lowest BCUT2D eigenvalue weighted by atomic mass is 10.1. The van der Waals surface area contributed by atoms with Crippen LogP contribution in [0.5, 0.6) is 0 Å². The summed E-state index contributed by atoms with van der Waals surface area (Å²) in [5, 5.41) is 2.71. The molecule has 0 saturated heterocycles. The van der Waals surface area contributed by atoms with E-state index in [1.54, 1.807) is 25.1 Å². The first kappa shape index (κ1) is 22.7. The van der Waals surface area contributed by atoms with E-state index in [-0.39, 0.29) is 17.2 Å². The highest BCUT2D eigenvalue weighted by atomic mass is 32.2. The number of halogens is 1. The molecule has 3 aromatic carbocycles. The highest BCUT2D eigenvalue weighted by molar-refractivity contribution is 7.89. The molecule has 0 bridgehead atoms. The number of anilines is 1. The number of sulfonamides is 1. The van der Waals surface area contributed by atoms with E-state index in [0.717, 1.165) is 16.7 Å². The summed E-state index contributed by atoms with van der Waals surface area (Å²) in [6.07, 6.45) is 1.26. The Kier molecular flexibility index (Phi) is 7.55. The van der Waals surface area contributed by atoms with Gasteiger partial charge in [0.05, 0.1) is 4.90 Å². The predicted molar refractivity (Wildman–Crippen MR) is 120 cm³/mol. The van der Waals surface area contributed by atoms with E-state index in [2.05, 4.69) is 10.0 Å². The zero-order valence-corrected chi connectivity index (χ0v) is 18.1. The second kappa shape index (κ2) is 10.3. The number of benzene rings is 3. The van der Waals surface area contributed by atoms with Crippen molar-refractivity contribution < 1.29 is 17.6 Å². The van der Waals surface area contributed by atoms with Gasteiger partial charge in [-0.3, -0.25) is 4.79 Å². The van der Waals surface area contributed by atoms with Crippen molar-refractivity contribution in [3.8, 4) is 0 Å². The fourth-order valence-corrected chi connectivity index (χ4v) is 4.12. The molecule has 0 heterocycles. The van der Waals surface area contributed by atoms with Crippen LogP contribution in [0.2, 0.25) is 0 Å². The molecule has 31 heavy (non-hydrogen) atoms. The van der Waals surface area contributed by atoms with Crippen molar-refractivity contribution in [2.45, 2.75) is 31.1 Å². The monoisotopic (exact) mass is 440 g/mol. The summed E-state index contributed by atoms with van der Waals surface area (Å²) in [4.78, 5) is 12.4. The van der Waals surface area contributed by atoms with Crippen molar-refractivity contribution in [3.05, 3.63) is 95.3 Å². The van der Waals surface area contributed by atoms with Crippen LogP contribution in [-0.2, 0) is 27.7 Å². The van der Waals surface area contributed by atoms with E-state index in [1.807, 2.05) is 30.3 Å². The first-order valence-corrected chi connectivity index (χ1v) is 11.5. The Bertz CT molecular complexity index is 1130. The van der Waals surface area contributed by atoms with Gasteiger partial charge in [0.2, 0.25) is 15.9 Å². The van der Waals surface area contributed by atoms with E-state index in [4.69, 9.17) is 0 Å². The van der Waals surface area contributed by atoms with Crippen molar-refractivity contribution in [2.75, 3.05) is 11.9 Å².